The fraction of sp³-hybridized carbons (Fsp3) is 0.619. The van der Waals surface area contributed by atoms with Crippen LogP contribution in [0.25, 0.3) is 0 Å². The quantitative estimate of drug-likeness (QED) is 0.0351. The van der Waals surface area contributed by atoms with E-state index in [-0.39, 0.29) is 12.4 Å². The Balaban J connectivity index is 2.32. The van der Waals surface area contributed by atoms with Crippen molar-refractivity contribution in [3.63, 3.8) is 0 Å². The van der Waals surface area contributed by atoms with Crippen molar-refractivity contribution in [3.8, 4) is 5.75 Å². The van der Waals surface area contributed by atoms with Crippen LogP contribution in [0, 0.1) is 17.6 Å². The number of anilines is 1. The van der Waals surface area contributed by atoms with Gasteiger partial charge in [0.2, 0.25) is 0 Å². The van der Waals surface area contributed by atoms with Gasteiger partial charge in [-0.25, -0.2) is 18.4 Å². The number of alkyl halides is 17. The normalized spacial score (nSPS) is 15.0. The zero-order valence-electron chi connectivity index (χ0n) is 37.5. The predicted octanol–water partition coefficient (Wildman–Crippen LogP) is 14.7. The molecule has 0 saturated carbocycles. The van der Waals surface area contributed by atoms with Gasteiger partial charge in [-0.15, -0.1) is 0 Å². The maximum Gasteiger partial charge on any atom is 0.460 e. The first-order valence-corrected chi connectivity index (χ1v) is 22.9. The minimum atomic E-state index is -8.72. The molecule has 2 atom stereocenters. The van der Waals surface area contributed by atoms with Gasteiger partial charge >= 0.3 is 59.7 Å². The van der Waals surface area contributed by atoms with Crippen LogP contribution in [-0.4, -0.2) is 87.8 Å². The van der Waals surface area contributed by atoms with Gasteiger partial charge in [0.25, 0.3) is 0 Å². The molecule has 0 heterocycles. The average Bonchev–Trinajstić information content (AvgIpc) is 3.22. The van der Waals surface area contributed by atoms with Crippen LogP contribution in [0.2, 0.25) is 17.1 Å². The molecule has 0 radical (unpaired) electrons. The molecule has 1 amide bonds. The fourth-order valence-corrected chi connectivity index (χ4v) is 11.4. The van der Waals surface area contributed by atoms with Crippen LogP contribution >= 0.6 is 0 Å². The summed E-state index contributed by atoms with van der Waals surface area (Å²) >= 11 is 0. The van der Waals surface area contributed by atoms with Gasteiger partial charge < -0.3 is 18.6 Å². The maximum atomic E-state index is 15.0. The minimum absolute atomic E-state index is 0.0608. The summed E-state index contributed by atoms with van der Waals surface area (Å²) in [7, 11) is -4.05. The van der Waals surface area contributed by atoms with Crippen LogP contribution in [0.1, 0.15) is 79.4 Å². The Morgan fingerprint density at radius 1 is 0.696 bits per heavy atom. The number of ether oxygens (including phenoxy) is 3. The highest BCUT2D eigenvalue weighted by molar-refractivity contribution is 6.76. The van der Waals surface area contributed by atoms with Crippen LogP contribution in [0.4, 0.5) is 93.9 Å². The summed E-state index contributed by atoms with van der Waals surface area (Å²) in [6.45, 7) is 9.08. The Hall–Kier alpha value is -4.43. The third-order valence-corrected chi connectivity index (χ3v) is 16.8. The molecule has 2 aromatic rings. The van der Waals surface area contributed by atoms with E-state index in [1.165, 1.54) is 58.9 Å². The van der Waals surface area contributed by atoms with Crippen molar-refractivity contribution in [2.24, 2.45) is 5.92 Å². The summed E-state index contributed by atoms with van der Waals surface area (Å²) in [5.41, 5.74) is -1.63. The number of hydrogen-bond donors (Lipinski definition) is 1. The van der Waals surface area contributed by atoms with Crippen LogP contribution in [-0.2, 0) is 18.7 Å². The van der Waals surface area contributed by atoms with Crippen molar-refractivity contribution < 1.29 is 112 Å². The topological polar surface area (TPSA) is 83.1 Å². The zero-order valence-corrected chi connectivity index (χ0v) is 38.5. The van der Waals surface area contributed by atoms with E-state index >= 15 is 8.78 Å². The van der Waals surface area contributed by atoms with E-state index in [0.29, 0.717) is 30.0 Å². The van der Waals surface area contributed by atoms with Gasteiger partial charge in [-0.2, -0.15) is 74.6 Å². The first kappa shape index (κ1) is 60.7. The Morgan fingerprint density at radius 2 is 1.20 bits per heavy atom. The lowest BCUT2D eigenvalue weighted by atomic mass is 9.88. The summed E-state index contributed by atoms with van der Waals surface area (Å²) in [4.78, 5) is 24.9. The van der Waals surface area contributed by atoms with Gasteiger partial charge in [-0.3, -0.25) is 5.32 Å². The zero-order chi connectivity index (χ0) is 53.6. The number of allylic oxidation sites excluding steroid dienone is 1. The van der Waals surface area contributed by atoms with Gasteiger partial charge in [0.15, 0.2) is 8.32 Å². The number of carbonyl (C=O) groups is 2. The second kappa shape index (κ2) is 22.3. The maximum absolute atomic E-state index is 15.0. The average molecular weight is 1050 g/mol. The molecule has 0 spiro atoms. The number of carbonyl (C=O) groups excluding carboxylic acids is 2. The third kappa shape index (κ3) is 12.7. The lowest BCUT2D eigenvalue weighted by molar-refractivity contribution is -0.461. The molecule has 0 aliphatic heterocycles. The molecule has 0 aliphatic rings. The Morgan fingerprint density at radius 3 is 1.68 bits per heavy atom. The van der Waals surface area contributed by atoms with E-state index < -0.39 is 134 Å². The van der Waals surface area contributed by atoms with E-state index in [9.17, 15) is 84.2 Å². The monoisotopic (exact) mass is 1050 g/mol. The molecule has 69 heavy (non-hydrogen) atoms. The number of amides is 1. The van der Waals surface area contributed by atoms with Crippen LogP contribution in [0.15, 0.2) is 54.1 Å². The summed E-state index contributed by atoms with van der Waals surface area (Å²) in [6.07, 6.45) is -10.5. The second-order valence-corrected chi connectivity index (χ2v) is 21.4. The molecule has 0 aromatic heterocycles. The molecule has 0 unspecified atom stereocenters. The van der Waals surface area contributed by atoms with Crippen molar-refractivity contribution in [1.29, 1.82) is 0 Å². The van der Waals surface area contributed by atoms with Crippen molar-refractivity contribution >= 4 is 26.1 Å². The highest BCUT2D eigenvalue weighted by atomic mass is 28.4. The molecule has 7 nitrogen and oxygen atoms in total. The standard InChI is InChI=1S/C42H48F19NO6Si/c1-8-65-33(63)26(7)11-9-10-25(6)32(68-34(64)62-31-17-14-28(43)22-30(31)44)27-12-15-29(16-13-27)66-19-20-67-69(23(2)3,24(4)5)21-18-35(45,46)36(47,48)37(49,50)38(51,52)39(53,54)40(55,56)41(57,58)42(59,60)61/h11-17,22-25,32H,8-10,18-21H2,1-7H3,(H,62,64)/b26-11+/t25-,32+/m0/s1. The number of esters is 1. The molecule has 0 saturated heterocycles. The highest BCUT2D eigenvalue weighted by Gasteiger charge is 2.95. The van der Waals surface area contributed by atoms with Gasteiger partial charge in [0.05, 0.1) is 18.9 Å². The first-order valence-electron chi connectivity index (χ1n) is 20.6. The van der Waals surface area contributed by atoms with Crippen molar-refractivity contribution in [3.05, 3.63) is 71.3 Å². The predicted molar refractivity (Wildman–Crippen MR) is 212 cm³/mol. The van der Waals surface area contributed by atoms with E-state index in [0.717, 1.165) is 12.1 Å². The van der Waals surface area contributed by atoms with Gasteiger partial charge in [0.1, 0.15) is 30.1 Å². The Labute approximate surface area is 384 Å². The van der Waals surface area contributed by atoms with Gasteiger partial charge in [0, 0.05) is 18.1 Å². The Bertz CT molecular complexity index is 2060. The van der Waals surface area contributed by atoms with Crippen molar-refractivity contribution in [1.82, 2.24) is 0 Å². The molecule has 2 aromatic carbocycles. The number of halogens is 19. The molecule has 0 bridgehead atoms. The fourth-order valence-electron chi connectivity index (χ4n) is 6.90. The largest absolute Gasteiger partial charge is 0.491 e. The van der Waals surface area contributed by atoms with E-state index in [1.54, 1.807) is 19.9 Å². The number of benzene rings is 2. The number of rotatable bonds is 25. The second-order valence-electron chi connectivity index (χ2n) is 16.4. The molecule has 0 fully saturated rings. The van der Waals surface area contributed by atoms with E-state index in [1.807, 2.05) is 0 Å². The molecule has 394 valence electrons. The molecular weight excluding hydrogens is 1000 g/mol. The van der Waals surface area contributed by atoms with Crippen LogP contribution < -0.4 is 10.1 Å². The number of nitrogens with one attached hydrogen (secondary N) is 1. The van der Waals surface area contributed by atoms with Crippen molar-refractivity contribution in [2.75, 3.05) is 25.1 Å². The SMILES string of the molecule is CCOC(=O)/C(C)=C/CC[C@H](C)[C@@H](OC(=O)Nc1ccc(F)cc1F)c1ccc(OCCO[Si](CCC(F)(F)C(F)(F)C(F)(F)C(F)(F)C(F)(F)C(F)(F)C(F)(F)C(F)(F)F)(C(C)C)C(C)C)cc1. The molecule has 2 rings (SSSR count). The smallest absolute Gasteiger partial charge is 0.460 e. The van der Waals surface area contributed by atoms with Gasteiger partial charge in [-0.05, 0) is 79.6 Å². The highest BCUT2D eigenvalue weighted by Crippen LogP contribution is 2.64. The summed E-state index contributed by atoms with van der Waals surface area (Å²) in [5.74, 6) is -60.0. The van der Waals surface area contributed by atoms with Crippen LogP contribution in [0.3, 0.4) is 0 Å². The first-order chi connectivity index (χ1) is 31.2. The van der Waals surface area contributed by atoms with E-state index in [2.05, 4.69) is 5.32 Å². The number of hydrogen-bond acceptors (Lipinski definition) is 6. The third-order valence-electron chi connectivity index (χ3n) is 11.1. The van der Waals surface area contributed by atoms with Crippen molar-refractivity contribution in [2.45, 2.75) is 139 Å². The lowest BCUT2D eigenvalue weighted by Crippen LogP contribution is -2.74. The summed E-state index contributed by atoms with van der Waals surface area (Å²) in [6, 6.07) is 6.51. The van der Waals surface area contributed by atoms with Crippen LogP contribution in [0.5, 0.6) is 5.75 Å². The lowest BCUT2D eigenvalue weighted by Gasteiger charge is -2.44. The Kier molecular flexibility index (Phi) is 19.6. The van der Waals surface area contributed by atoms with Gasteiger partial charge in [-0.1, -0.05) is 52.8 Å². The molecule has 1 N–H and O–H groups in total. The minimum Gasteiger partial charge on any atom is -0.491 e. The molecule has 27 heteroatoms. The van der Waals surface area contributed by atoms with E-state index in [4.69, 9.17) is 18.6 Å². The molecular formula is C42H48F19NO6Si. The molecule has 0 aliphatic carbocycles. The summed E-state index contributed by atoms with van der Waals surface area (Å²) in [5, 5.41) is 2.17. The summed E-state index contributed by atoms with van der Waals surface area (Å²) < 4.78 is 286.